The van der Waals surface area contributed by atoms with E-state index < -0.39 is 6.16 Å². The molecule has 0 aromatic heterocycles. The van der Waals surface area contributed by atoms with E-state index in [0.717, 1.165) is 0 Å². The second kappa shape index (κ2) is 8.83. The molecule has 6 heavy (non-hydrogen) atoms. The van der Waals surface area contributed by atoms with E-state index in [1.165, 1.54) is 0 Å². The zero-order valence-electron chi connectivity index (χ0n) is 2.49. The van der Waals surface area contributed by atoms with Crippen LogP contribution in [0.25, 0.3) is 0 Å². The first-order valence-electron chi connectivity index (χ1n) is 0.612. The molecule has 4 nitrogen and oxygen atoms in total. The smallest absolute Gasteiger partial charge is 0.870 e. The maximum Gasteiger partial charge on any atom is 3.00 e. The van der Waals surface area contributed by atoms with E-state index in [4.69, 9.17) is 15.0 Å². The van der Waals surface area contributed by atoms with Crippen molar-refractivity contribution in [3.8, 4) is 0 Å². The topological polar surface area (TPSA) is 93.2 Å². The molecule has 0 aromatic carbocycles. The van der Waals surface area contributed by atoms with Gasteiger partial charge in [0.2, 0.25) is 0 Å². The summed E-state index contributed by atoms with van der Waals surface area (Å²) in [7, 11) is 0. The molecular weight excluding hydrogens is 135 g/mol. The number of carbonyl (C=O) groups is 1. The molecule has 0 aliphatic rings. The fourth-order valence-electron chi connectivity index (χ4n) is 0. The summed E-state index contributed by atoms with van der Waals surface area (Å²) in [6.07, 6.45) is -2.33. The van der Waals surface area contributed by atoms with Crippen molar-refractivity contribution in [2.75, 3.05) is 0 Å². The first-order chi connectivity index (χ1) is 1.73. The molecule has 1 radical (unpaired) electrons. The van der Waals surface area contributed by atoms with E-state index in [2.05, 4.69) is 0 Å². The first-order valence-corrected chi connectivity index (χ1v) is 0.612. The molecular formula is CHNiO4. The molecule has 0 rings (SSSR count). The minimum atomic E-state index is -2.33. The quantitative estimate of drug-likeness (QED) is 0.340. The second-order valence-electron chi connectivity index (χ2n) is 0.250. The van der Waals surface area contributed by atoms with Crippen LogP contribution in [0.3, 0.4) is 0 Å². The van der Waals surface area contributed by atoms with Crippen LogP contribution in [-0.2, 0) is 16.5 Å². The van der Waals surface area contributed by atoms with Crippen LogP contribution in [0.2, 0.25) is 0 Å². The number of hydrogen-bond acceptors (Lipinski definition) is 4. The van der Waals surface area contributed by atoms with Gasteiger partial charge in [-0.05, 0) is 6.16 Å². The van der Waals surface area contributed by atoms with Crippen molar-refractivity contribution in [2.24, 2.45) is 0 Å². The van der Waals surface area contributed by atoms with Gasteiger partial charge in [0, 0.05) is 0 Å². The van der Waals surface area contributed by atoms with Crippen molar-refractivity contribution in [3.05, 3.63) is 0 Å². The summed E-state index contributed by atoms with van der Waals surface area (Å²) in [5, 5.41) is 16.7. The molecule has 0 saturated heterocycles. The van der Waals surface area contributed by atoms with E-state index in [9.17, 15) is 0 Å². The Morgan fingerprint density at radius 3 is 1.33 bits per heavy atom. The van der Waals surface area contributed by atoms with E-state index >= 15 is 0 Å². The van der Waals surface area contributed by atoms with Crippen molar-refractivity contribution >= 4 is 6.16 Å². The summed E-state index contributed by atoms with van der Waals surface area (Å²) >= 11 is 0. The number of rotatable bonds is 0. The fraction of sp³-hybridized carbons (Fsp3) is 0. The van der Waals surface area contributed by atoms with Crippen LogP contribution >= 0.6 is 0 Å². The Bertz CT molecular complexity index is 30.5. The first kappa shape index (κ1) is 17.2. The normalized spacial score (nSPS) is 4.00. The van der Waals surface area contributed by atoms with Gasteiger partial charge in [0.15, 0.2) is 0 Å². The molecule has 0 unspecified atom stereocenters. The Morgan fingerprint density at radius 1 is 1.33 bits per heavy atom. The Balaban J connectivity index is -0.0000000450. The number of carbonyl (C=O) groups excluding carboxylic acids is 1. The van der Waals surface area contributed by atoms with Crippen LogP contribution < -0.4 is 10.2 Å². The Labute approximate surface area is 44.0 Å². The van der Waals surface area contributed by atoms with Crippen molar-refractivity contribution in [3.63, 3.8) is 0 Å². The molecule has 39 valence electrons. The van der Waals surface area contributed by atoms with Crippen LogP contribution in [0, 0.1) is 0 Å². The molecule has 0 aliphatic carbocycles. The summed E-state index contributed by atoms with van der Waals surface area (Å²) in [6.45, 7) is 0. The summed E-state index contributed by atoms with van der Waals surface area (Å²) in [5.41, 5.74) is 0. The minimum absolute atomic E-state index is 0. The molecule has 0 aromatic rings. The maximum atomic E-state index is 8.33. The van der Waals surface area contributed by atoms with Crippen LogP contribution in [0.4, 0.5) is 4.79 Å². The van der Waals surface area contributed by atoms with E-state index in [1.807, 2.05) is 0 Å². The SMILES string of the molecule is O=C([O-])[O-].[Ni+3].[OH-]. The molecule has 1 N–H and O–H groups in total. The molecule has 0 fully saturated rings. The number of carboxylic acid groups (broad SMARTS) is 2. The third-order valence-corrected chi connectivity index (χ3v) is 0. The van der Waals surface area contributed by atoms with E-state index in [-0.39, 0.29) is 22.0 Å². The molecule has 0 amide bonds. The van der Waals surface area contributed by atoms with Gasteiger partial charge in [-0.25, -0.2) is 0 Å². The second-order valence-corrected chi connectivity index (χ2v) is 0.250. The standard InChI is InChI=1S/CH2O3.Ni.H2O/c2-1(3)4;;/h(H2,2,3,4);;1H2/q;+3;/p-3. The van der Waals surface area contributed by atoms with Gasteiger partial charge in [-0.15, -0.1) is 0 Å². The van der Waals surface area contributed by atoms with Crippen molar-refractivity contribution < 1.29 is 37.0 Å². The summed E-state index contributed by atoms with van der Waals surface area (Å²) in [5.74, 6) is 0. The molecule has 0 aliphatic heterocycles. The van der Waals surface area contributed by atoms with Gasteiger partial charge in [0.1, 0.15) is 0 Å². The van der Waals surface area contributed by atoms with Crippen molar-refractivity contribution in [1.82, 2.24) is 0 Å². The third kappa shape index (κ3) is 361. The summed E-state index contributed by atoms with van der Waals surface area (Å²) < 4.78 is 0. The molecule has 0 bridgehead atoms. The molecule has 5 heteroatoms. The van der Waals surface area contributed by atoms with E-state index in [1.54, 1.807) is 0 Å². The van der Waals surface area contributed by atoms with Crippen LogP contribution in [-0.4, -0.2) is 11.6 Å². The predicted octanol–water partition coefficient (Wildman–Crippen LogP) is -2.63. The zero-order chi connectivity index (χ0) is 3.58. The molecule has 0 heterocycles. The van der Waals surface area contributed by atoms with Gasteiger partial charge in [-0.2, -0.15) is 0 Å². The summed E-state index contributed by atoms with van der Waals surface area (Å²) in [4.78, 5) is 8.33. The average molecular weight is 136 g/mol. The fourth-order valence-corrected chi connectivity index (χ4v) is 0. The van der Waals surface area contributed by atoms with Gasteiger partial charge >= 0.3 is 16.5 Å². The Morgan fingerprint density at radius 2 is 1.33 bits per heavy atom. The molecule has 0 atom stereocenters. The van der Waals surface area contributed by atoms with Gasteiger partial charge in [-0.3, -0.25) is 0 Å². The molecule has 0 spiro atoms. The van der Waals surface area contributed by atoms with E-state index in [0.29, 0.717) is 0 Å². The zero-order valence-corrected chi connectivity index (χ0v) is 3.48. The van der Waals surface area contributed by atoms with Crippen molar-refractivity contribution in [1.29, 1.82) is 0 Å². The Hall–Kier alpha value is -0.276. The largest absolute Gasteiger partial charge is 3.00 e. The van der Waals surface area contributed by atoms with Crippen LogP contribution in [0.5, 0.6) is 0 Å². The molecule has 0 saturated carbocycles. The van der Waals surface area contributed by atoms with Gasteiger partial charge in [-0.1, -0.05) is 0 Å². The monoisotopic (exact) mass is 135 g/mol. The predicted molar refractivity (Wildman–Crippen MR) is 7.33 cm³/mol. The minimum Gasteiger partial charge on any atom is -0.870 e. The van der Waals surface area contributed by atoms with Crippen LogP contribution in [0.1, 0.15) is 0 Å². The summed E-state index contributed by atoms with van der Waals surface area (Å²) in [6, 6.07) is 0. The Kier molecular flexibility index (Phi) is 25.3. The van der Waals surface area contributed by atoms with Gasteiger partial charge in [0.05, 0.1) is 0 Å². The van der Waals surface area contributed by atoms with Gasteiger partial charge < -0.3 is 20.5 Å². The maximum absolute atomic E-state index is 8.33. The van der Waals surface area contributed by atoms with Crippen LogP contribution in [0.15, 0.2) is 0 Å². The number of hydrogen-bond donors (Lipinski definition) is 0. The average Bonchev–Trinajstić information content (AvgIpc) is 0.811. The third-order valence-electron chi connectivity index (χ3n) is 0. The van der Waals surface area contributed by atoms with Gasteiger partial charge in [0.25, 0.3) is 0 Å². The van der Waals surface area contributed by atoms with Crippen molar-refractivity contribution in [2.45, 2.75) is 0 Å².